The Balaban J connectivity index is 1.42. The third kappa shape index (κ3) is 3.57. The third-order valence-corrected chi connectivity index (χ3v) is 7.16. The molecule has 4 nitrogen and oxygen atoms in total. The normalized spacial score (nSPS) is 27.0. The number of fused-ring (bicyclic) bond motifs is 1. The van der Waals surface area contributed by atoms with Crippen LogP contribution in [0.5, 0.6) is 0 Å². The van der Waals surface area contributed by atoms with Gasteiger partial charge < -0.3 is 10.2 Å². The Hall–Kier alpha value is -1.49. The second kappa shape index (κ2) is 7.40. The number of para-hydroxylation sites is 1. The Kier molecular flexibility index (Phi) is 5.02. The minimum atomic E-state index is -0.310. The van der Waals surface area contributed by atoms with Gasteiger partial charge in [-0.25, -0.2) is 0 Å². The topological polar surface area (TPSA) is 49.4 Å². The van der Waals surface area contributed by atoms with Gasteiger partial charge in [0.15, 0.2) is 0 Å². The standard InChI is InChI=1S/C20H26N2O2S/c23-19(22-12-6-10-16(22)14-7-2-1-3-8-14)13-18-20(24)21-15-9-4-5-11-17(15)25-18/h4-5,9,11,14,16,18H,1-3,6-8,10,12-13H2,(H,21,24)/t16-,18-/m1/s1. The Morgan fingerprint density at radius 1 is 1.12 bits per heavy atom. The van der Waals surface area contributed by atoms with Gasteiger partial charge in [-0.05, 0) is 43.7 Å². The van der Waals surface area contributed by atoms with Crippen LogP contribution in [-0.2, 0) is 9.59 Å². The number of likely N-dealkylation sites (tertiary alicyclic amines) is 1. The molecule has 1 saturated carbocycles. The summed E-state index contributed by atoms with van der Waals surface area (Å²) in [5, 5.41) is 2.64. The molecule has 0 bridgehead atoms. The maximum absolute atomic E-state index is 13.0. The lowest BCUT2D eigenvalue weighted by atomic mass is 9.83. The van der Waals surface area contributed by atoms with Crippen molar-refractivity contribution in [1.82, 2.24) is 4.90 Å². The highest BCUT2D eigenvalue weighted by Crippen LogP contribution is 2.38. The molecule has 2 atom stereocenters. The van der Waals surface area contributed by atoms with Crippen LogP contribution in [-0.4, -0.2) is 34.6 Å². The largest absolute Gasteiger partial charge is 0.339 e. The summed E-state index contributed by atoms with van der Waals surface area (Å²) in [5.41, 5.74) is 0.863. The maximum Gasteiger partial charge on any atom is 0.238 e. The minimum Gasteiger partial charge on any atom is -0.339 e. The quantitative estimate of drug-likeness (QED) is 0.886. The summed E-state index contributed by atoms with van der Waals surface area (Å²) in [6.07, 6.45) is 9.05. The van der Waals surface area contributed by atoms with E-state index in [4.69, 9.17) is 0 Å². The van der Waals surface area contributed by atoms with Gasteiger partial charge in [0.05, 0.1) is 10.9 Å². The van der Waals surface area contributed by atoms with Gasteiger partial charge in [0.2, 0.25) is 11.8 Å². The number of amides is 2. The van der Waals surface area contributed by atoms with Gasteiger partial charge in [-0.1, -0.05) is 31.4 Å². The number of rotatable bonds is 3. The molecule has 3 aliphatic rings. The van der Waals surface area contributed by atoms with Crippen molar-refractivity contribution in [1.29, 1.82) is 0 Å². The number of anilines is 1. The molecule has 1 N–H and O–H groups in total. The first-order chi connectivity index (χ1) is 12.2. The zero-order valence-electron chi connectivity index (χ0n) is 14.6. The molecule has 25 heavy (non-hydrogen) atoms. The number of carbonyl (C=O) groups excluding carboxylic acids is 2. The van der Waals surface area contributed by atoms with Crippen molar-refractivity contribution in [3.05, 3.63) is 24.3 Å². The Bertz CT molecular complexity index is 657. The van der Waals surface area contributed by atoms with E-state index in [0.29, 0.717) is 18.4 Å². The zero-order chi connectivity index (χ0) is 17.2. The highest BCUT2D eigenvalue weighted by molar-refractivity contribution is 8.01. The SMILES string of the molecule is O=C1Nc2ccccc2S[C@@H]1CC(=O)N1CCC[C@@H]1C1CCCCC1. The summed E-state index contributed by atoms with van der Waals surface area (Å²) in [7, 11) is 0. The third-order valence-electron chi connectivity index (χ3n) is 5.88. The lowest BCUT2D eigenvalue weighted by Gasteiger charge is -2.35. The van der Waals surface area contributed by atoms with Gasteiger partial charge >= 0.3 is 0 Å². The van der Waals surface area contributed by atoms with E-state index in [-0.39, 0.29) is 17.1 Å². The molecule has 0 unspecified atom stereocenters. The van der Waals surface area contributed by atoms with Crippen molar-refractivity contribution < 1.29 is 9.59 Å². The van der Waals surface area contributed by atoms with Crippen LogP contribution in [0.3, 0.4) is 0 Å². The average molecular weight is 359 g/mol. The molecular weight excluding hydrogens is 332 g/mol. The maximum atomic E-state index is 13.0. The summed E-state index contributed by atoms with van der Waals surface area (Å²) < 4.78 is 0. The van der Waals surface area contributed by atoms with Crippen molar-refractivity contribution >= 4 is 29.3 Å². The average Bonchev–Trinajstić information content (AvgIpc) is 3.13. The number of thioether (sulfide) groups is 1. The zero-order valence-corrected chi connectivity index (χ0v) is 15.4. The van der Waals surface area contributed by atoms with Crippen LogP contribution in [0, 0.1) is 5.92 Å². The van der Waals surface area contributed by atoms with Crippen LogP contribution in [0.25, 0.3) is 0 Å². The Morgan fingerprint density at radius 2 is 1.92 bits per heavy atom. The van der Waals surface area contributed by atoms with Gasteiger partial charge in [0.1, 0.15) is 0 Å². The predicted molar refractivity (Wildman–Crippen MR) is 101 cm³/mol. The van der Waals surface area contributed by atoms with Gasteiger partial charge in [0.25, 0.3) is 0 Å². The molecule has 2 fully saturated rings. The van der Waals surface area contributed by atoms with E-state index < -0.39 is 0 Å². The fourth-order valence-electron chi connectivity index (χ4n) is 4.61. The second-order valence-corrected chi connectivity index (χ2v) is 8.74. The lowest BCUT2D eigenvalue weighted by molar-refractivity contribution is -0.134. The molecular formula is C20H26N2O2S. The van der Waals surface area contributed by atoms with Crippen molar-refractivity contribution in [2.75, 3.05) is 11.9 Å². The highest BCUT2D eigenvalue weighted by atomic mass is 32.2. The molecule has 5 heteroatoms. The Labute approximate surface area is 153 Å². The van der Waals surface area contributed by atoms with Crippen molar-refractivity contribution in [3.63, 3.8) is 0 Å². The summed E-state index contributed by atoms with van der Waals surface area (Å²) in [5.74, 6) is 0.805. The molecule has 2 aliphatic heterocycles. The minimum absolute atomic E-state index is 0.0366. The monoisotopic (exact) mass is 358 g/mol. The predicted octanol–water partition coefficient (Wildman–Crippen LogP) is 4.06. The fraction of sp³-hybridized carbons (Fsp3) is 0.600. The van der Waals surface area contributed by atoms with Crippen LogP contribution in [0.1, 0.15) is 51.4 Å². The van der Waals surface area contributed by atoms with E-state index >= 15 is 0 Å². The molecule has 2 heterocycles. The summed E-state index contributed by atoms with van der Waals surface area (Å²) in [6.45, 7) is 0.871. The van der Waals surface area contributed by atoms with Crippen molar-refractivity contribution in [2.45, 2.75) is 67.6 Å². The lowest BCUT2D eigenvalue weighted by Crippen LogP contribution is -2.43. The smallest absolute Gasteiger partial charge is 0.238 e. The van der Waals surface area contributed by atoms with Crippen LogP contribution in [0.15, 0.2) is 29.2 Å². The first kappa shape index (κ1) is 17.0. The van der Waals surface area contributed by atoms with Gasteiger partial charge in [-0.2, -0.15) is 0 Å². The number of carbonyl (C=O) groups is 2. The van der Waals surface area contributed by atoms with Crippen LogP contribution in [0.2, 0.25) is 0 Å². The van der Waals surface area contributed by atoms with E-state index in [0.717, 1.165) is 30.0 Å². The molecule has 134 valence electrons. The number of nitrogens with one attached hydrogen (secondary N) is 1. The number of hydrogen-bond acceptors (Lipinski definition) is 3. The van der Waals surface area contributed by atoms with Crippen molar-refractivity contribution in [2.24, 2.45) is 5.92 Å². The summed E-state index contributed by atoms with van der Waals surface area (Å²) >= 11 is 1.53. The van der Waals surface area contributed by atoms with E-state index in [1.807, 2.05) is 24.3 Å². The Morgan fingerprint density at radius 3 is 2.76 bits per heavy atom. The summed E-state index contributed by atoms with van der Waals surface area (Å²) in [6, 6.07) is 8.23. The number of hydrogen-bond donors (Lipinski definition) is 1. The molecule has 1 aromatic carbocycles. The second-order valence-electron chi connectivity index (χ2n) is 7.49. The first-order valence-electron chi connectivity index (χ1n) is 9.58. The molecule has 1 saturated heterocycles. The van der Waals surface area contributed by atoms with E-state index in [9.17, 15) is 9.59 Å². The van der Waals surface area contributed by atoms with Crippen LogP contribution < -0.4 is 5.32 Å². The molecule has 0 aromatic heterocycles. The van der Waals surface area contributed by atoms with Crippen molar-refractivity contribution in [3.8, 4) is 0 Å². The number of nitrogens with zero attached hydrogens (tertiary/aromatic N) is 1. The van der Waals surface area contributed by atoms with Crippen LogP contribution >= 0.6 is 11.8 Å². The highest BCUT2D eigenvalue weighted by Gasteiger charge is 2.37. The van der Waals surface area contributed by atoms with Gasteiger partial charge in [0, 0.05) is 23.9 Å². The molecule has 0 spiro atoms. The van der Waals surface area contributed by atoms with E-state index in [2.05, 4.69) is 10.2 Å². The molecule has 0 radical (unpaired) electrons. The summed E-state index contributed by atoms with van der Waals surface area (Å²) in [4.78, 5) is 28.5. The van der Waals surface area contributed by atoms with Gasteiger partial charge in [-0.15, -0.1) is 11.8 Å². The molecule has 2 amide bonds. The molecule has 4 rings (SSSR count). The molecule has 1 aromatic rings. The van der Waals surface area contributed by atoms with Crippen LogP contribution in [0.4, 0.5) is 5.69 Å². The molecule has 1 aliphatic carbocycles. The fourth-order valence-corrected chi connectivity index (χ4v) is 5.72. The first-order valence-corrected chi connectivity index (χ1v) is 10.5. The van der Waals surface area contributed by atoms with E-state index in [1.165, 1.54) is 43.9 Å². The van der Waals surface area contributed by atoms with E-state index in [1.54, 1.807) is 0 Å². The number of benzene rings is 1. The van der Waals surface area contributed by atoms with Gasteiger partial charge in [-0.3, -0.25) is 9.59 Å².